The highest BCUT2D eigenvalue weighted by atomic mass is 16.2. The van der Waals surface area contributed by atoms with E-state index < -0.39 is 11.2 Å². The summed E-state index contributed by atoms with van der Waals surface area (Å²) in [6, 6.07) is 20.7. The average Bonchev–Trinajstić information content (AvgIpc) is 3.20. The molecule has 2 heterocycles. The highest BCUT2D eigenvalue weighted by molar-refractivity contribution is 5.76. The Hall–Kier alpha value is -4.20. The number of carbonyl (C=O) groups excluding carboxylic acids is 1. The van der Waals surface area contributed by atoms with Crippen LogP contribution in [0.25, 0.3) is 16.9 Å². The molecular weight excluding hydrogens is 394 g/mol. The minimum Gasteiger partial charge on any atom is -0.340 e. The van der Waals surface area contributed by atoms with Crippen LogP contribution >= 0.6 is 0 Å². The topological polar surface area (TPSA) is 93.0 Å². The van der Waals surface area contributed by atoms with Crippen molar-refractivity contribution in [3.63, 3.8) is 0 Å². The number of hydrogen-bond acceptors (Lipinski definition) is 4. The summed E-state index contributed by atoms with van der Waals surface area (Å²) >= 11 is 0. The molecule has 1 amide bonds. The molecule has 4 rings (SSSR count). The third kappa shape index (κ3) is 4.53. The van der Waals surface area contributed by atoms with Crippen molar-refractivity contribution in [2.75, 3.05) is 7.05 Å². The second-order valence-corrected chi connectivity index (χ2v) is 7.14. The van der Waals surface area contributed by atoms with Crippen LogP contribution in [0, 0.1) is 0 Å². The fraction of sp³-hybridized carbons (Fsp3) is 0.130. The summed E-state index contributed by atoms with van der Waals surface area (Å²) in [5.41, 5.74) is 2.41. The molecule has 0 bridgehead atoms. The van der Waals surface area contributed by atoms with Crippen molar-refractivity contribution in [2.45, 2.75) is 13.1 Å². The van der Waals surface area contributed by atoms with Crippen LogP contribution in [0.5, 0.6) is 0 Å². The lowest BCUT2D eigenvalue weighted by atomic mass is 10.1. The molecule has 0 aliphatic carbocycles. The number of rotatable bonds is 6. The van der Waals surface area contributed by atoms with Gasteiger partial charge in [-0.3, -0.25) is 19.1 Å². The molecule has 0 unspecified atom stereocenters. The largest absolute Gasteiger partial charge is 0.340 e. The Bertz CT molecular complexity index is 1310. The predicted octanol–water partition coefficient (Wildman–Crippen LogP) is 2.05. The fourth-order valence-electron chi connectivity index (χ4n) is 3.26. The van der Waals surface area contributed by atoms with Gasteiger partial charge in [0.05, 0.1) is 11.4 Å². The van der Waals surface area contributed by atoms with E-state index in [4.69, 9.17) is 5.10 Å². The van der Waals surface area contributed by atoms with Crippen molar-refractivity contribution in [1.29, 1.82) is 0 Å². The number of para-hydroxylation sites is 1. The van der Waals surface area contributed by atoms with E-state index in [9.17, 15) is 14.4 Å². The monoisotopic (exact) mass is 415 g/mol. The lowest BCUT2D eigenvalue weighted by Gasteiger charge is -2.17. The first-order chi connectivity index (χ1) is 15.0. The molecule has 0 saturated heterocycles. The molecule has 0 radical (unpaired) electrons. The van der Waals surface area contributed by atoms with Gasteiger partial charge in [0.2, 0.25) is 5.91 Å². The highest BCUT2D eigenvalue weighted by Crippen LogP contribution is 2.24. The third-order valence-electron chi connectivity index (χ3n) is 4.89. The highest BCUT2D eigenvalue weighted by Gasteiger charge is 2.17. The quantitative estimate of drug-likeness (QED) is 0.522. The van der Waals surface area contributed by atoms with Crippen molar-refractivity contribution >= 4 is 5.91 Å². The van der Waals surface area contributed by atoms with E-state index in [-0.39, 0.29) is 12.5 Å². The first-order valence-corrected chi connectivity index (χ1v) is 9.74. The molecule has 8 nitrogen and oxygen atoms in total. The zero-order chi connectivity index (χ0) is 21.8. The van der Waals surface area contributed by atoms with E-state index in [0.717, 1.165) is 22.5 Å². The van der Waals surface area contributed by atoms with Crippen LogP contribution in [0.4, 0.5) is 0 Å². The number of carbonyl (C=O) groups is 1. The summed E-state index contributed by atoms with van der Waals surface area (Å²) in [6.07, 6.45) is 3.23. The molecular formula is C23H21N5O3. The Morgan fingerprint density at radius 1 is 1.00 bits per heavy atom. The Balaban J connectivity index is 1.62. The van der Waals surface area contributed by atoms with Crippen LogP contribution in [0.1, 0.15) is 5.56 Å². The summed E-state index contributed by atoms with van der Waals surface area (Å²) in [4.78, 5) is 39.5. The summed E-state index contributed by atoms with van der Waals surface area (Å²) in [7, 11) is 1.67. The first-order valence-electron chi connectivity index (χ1n) is 9.74. The minimum atomic E-state index is -0.615. The number of H-pyrrole nitrogens is 1. The molecule has 0 fully saturated rings. The number of amides is 1. The fourth-order valence-corrected chi connectivity index (χ4v) is 3.26. The first kappa shape index (κ1) is 20.1. The standard InChI is InChI=1S/C23H21N5O3/c1-26(21(30)16-27-13-12-20(29)24-23(27)31)14-18-15-28(19-10-6-3-7-11-19)25-22(18)17-8-4-2-5-9-17/h2-13,15H,14,16H2,1H3,(H,24,29,31). The van der Waals surface area contributed by atoms with Gasteiger partial charge < -0.3 is 4.90 Å². The van der Waals surface area contributed by atoms with Gasteiger partial charge in [0.1, 0.15) is 6.54 Å². The maximum absolute atomic E-state index is 12.7. The van der Waals surface area contributed by atoms with Crippen LogP contribution in [0.3, 0.4) is 0 Å². The maximum Gasteiger partial charge on any atom is 0.328 e. The molecule has 4 aromatic rings. The smallest absolute Gasteiger partial charge is 0.328 e. The molecule has 8 heteroatoms. The van der Waals surface area contributed by atoms with Gasteiger partial charge in [-0.05, 0) is 12.1 Å². The van der Waals surface area contributed by atoms with Gasteiger partial charge in [-0.2, -0.15) is 5.10 Å². The van der Waals surface area contributed by atoms with E-state index in [2.05, 4.69) is 4.98 Å². The predicted molar refractivity (Wildman–Crippen MR) is 117 cm³/mol. The number of nitrogens with one attached hydrogen (secondary N) is 1. The van der Waals surface area contributed by atoms with Crippen LogP contribution in [0.15, 0.2) is 88.7 Å². The Kier molecular flexibility index (Phi) is 5.61. The van der Waals surface area contributed by atoms with Crippen molar-refractivity contribution in [3.05, 3.63) is 106 Å². The summed E-state index contributed by atoms with van der Waals surface area (Å²) in [6.45, 7) is 0.146. The van der Waals surface area contributed by atoms with Crippen molar-refractivity contribution in [3.8, 4) is 16.9 Å². The van der Waals surface area contributed by atoms with Gasteiger partial charge in [0, 0.05) is 43.2 Å². The second kappa shape index (κ2) is 8.66. The van der Waals surface area contributed by atoms with E-state index in [1.165, 1.54) is 21.7 Å². The van der Waals surface area contributed by atoms with E-state index >= 15 is 0 Å². The molecule has 1 N–H and O–H groups in total. The zero-order valence-corrected chi connectivity index (χ0v) is 16.9. The summed E-state index contributed by atoms with van der Waals surface area (Å²) in [5, 5.41) is 4.75. The number of benzene rings is 2. The molecule has 2 aromatic carbocycles. The summed E-state index contributed by atoms with van der Waals surface area (Å²) in [5.74, 6) is -0.263. The second-order valence-electron chi connectivity index (χ2n) is 7.14. The summed E-state index contributed by atoms with van der Waals surface area (Å²) < 4.78 is 2.97. The van der Waals surface area contributed by atoms with Crippen LogP contribution in [-0.2, 0) is 17.9 Å². The zero-order valence-electron chi connectivity index (χ0n) is 16.9. The molecule has 0 aliphatic heterocycles. The van der Waals surface area contributed by atoms with Gasteiger partial charge in [-0.25, -0.2) is 9.48 Å². The minimum absolute atomic E-state index is 0.167. The van der Waals surface area contributed by atoms with E-state index in [0.29, 0.717) is 6.54 Å². The maximum atomic E-state index is 12.7. The number of aromatic nitrogens is 4. The Morgan fingerprint density at radius 2 is 1.68 bits per heavy atom. The molecule has 0 spiro atoms. The molecule has 0 atom stereocenters. The Labute approximate surface area is 178 Å². The molecule has 0 aliphatic rings. The Morgan fingerprint density at radius 3 is 2.35 bits per heavy atom. The van der Waals surface area contributed by atoms with E-state index in [1.807, 2.05) is 66.9 Å². The van der Waals surface area contributed by atoms with Gasteiger partial charge in [0.15, 0.2) is 0 Å². The van der Waals surface area contributed by atoms with Gasteiger partial charge in [0.25, 0.3) is 5.56 Å². The molecule has 31 heavy (non-hydrogen) atoms. The van der Waals surface area contributed by atoms with Gasteiger partial charge >= 0.3 is 5.69 Å². The van der Waals surface area contributed by atoms with Crippen LogP contribution in [-0.4, -0.2) is 37.2 Å². The number of likely N-dealkylation sites (N-methyl/N-ethyl adjacent to an activating group) is 1. The van der Waals surface area contributed by atoms with Crippen LogP contribution in [0.2, 0.25) is 0 Å². The van der Waals surface area contributed by atoms with Crippen molar-refractivity contribution in [1.82, 2.24) is 24.2 Å². The molecule has 2 aromatic heterocycles. The van der Waals surface area contributed by atoms with Crippen LogP contribution < -0.4 is 11.2 Å². The van der Waals surface area contributed by atoms with Crippen molar-refractivity contribution < 1.29 is 4.79 Å². The number of hydrogen-bond donors (Lipinski definition) is 1. The van der Waals surface area contributed by atoms with Gasteiger partial charge in [-0.1, -0.05) is 48.5 Å². The van der Waals surface area contributed by atoms with Gasteiger partial charge in [-0.15, -0.1) is 0 Å². The average molecular weight is 415 g/mol. The SMILES string of the molecule is CN(Cc1cn(-c2ccccc2)nc1-c1ccccc1)C(=O)Cn1ccc(=O)[nH]c1=O. The van der Waals surface area contributed by atoms with E-state index in [1.54, 1.807) is 11.7 Å². The van der Waals surface area contributed by atoms with Crippen molar-refractivity contribution in [2.24, 2.45) is 0 Å². The molecule has 156 valence electrons. The normalized spacial score (nSPS) is 10.7. The lowest BCUT2D eigenvalue weighted by molar-refractivity contribution is -0.131. The lowest BCUT2D eigenvalue weighted by Crippen LogP contribution is -2.36. The number of aromatic amines is 1. The number of nitrogens with zero attached hydrogens (tertiary/aromatic N) is 4. The molecule has 0 saturated carbocycles. The third-order valence-corrected chi connectivity index (χ3v) is 4.89.